The Morgan fingerprint density at radius 1 is 1.12 bits per heavy atom. The quantitative estimate of drug-likeness (QED) is 0.733. The summed E-state index contributed by atoms with van der Waals surface area (Å²) >= 11 is 0. The zero-order chi connectivity index (χ0) is 17.5. The molecule has 0 atom stereocenters. The molecule has 24 heavy (non-hydrogen) atoms. The normalized spacial score (nSPS) is 10.2. The van der Waals surface area contributed by atoms with Gasteiger partial charge in [0, 0.05) is 6.04 Å². The Morgan fingerprint density at radius 2 is 1.88 bits per heavy atom. The molecule has 1 aromatic heterocycles. The highest BCUT2D eigenvalue weighted by Gasteiger charge is 2.11. The second kappa shape index (κ2) is 7.96. The van der Waals surface area contributed by atoms with Crippen molar-refractivity contribution in [2.24, 2.45) is 0 Å². The summed E-state index contributed by atoms with van der Waals surface area (Å²) in [6.45, 7) is 3.75. The average molecular weight is 328 g/mol. The van der Waals surface area contributed by atoms with Gasteiger partial charge in [-0.05, 0) is 38.1 Å². The smallest absolute Gasteiger partial charge is 0.339 e. The Bertz CT molecular complexity index is 714. The van der Waals surface area contributed by atoms with E-state index in [2.05, 4.69) is 20.9 Å². The third kappa shape index (κ3) is 4.70. The van der Waals surface area contributed by atoms with Crippen LogP contribution >= 0.6 is 0 Å². The Kier molecular flexibility index (Phi) is 5.73. The van der Waals surface area contributed by atoms with Gasteiger partial charge >= 0.3 is 12.0 Å². The van der Waals surface area contributed by atoms with Gasteiger partial charge in [-0.15, -0.1) is 0 Å². The van der Waals surface area contributed by atoms with Crippen LogP contribution in [0.3, 0.4) is 0 Å². The van der Waals surface area contributed by atoms with Crippen molar-refractivity contribution < 1.29 is 14.3 Å². The summed E-state index contributed by atoms with van der Waals surface area (Å²) < 4.78 is 4.76. The number of para-hydroxylation sites is 1. The lowest BCUT2D eigenvalue weighted by Crippen LogP contribution is -2.34. The number of methoxy groups -OCH3 is 1. The van der Waals surface area contributed by atoms with E-state index in [0.717, 1.165) is 0 Å². The van der Waals surface area contributed by atoms with Crippen LogP contribution in [-0.2, 0) is 4.74 Å². The number of amides is 2. The van der Waals surface area contributed by atoms with E-state index in [1.165, 1.54) is 7.11 Å². The number of urea groups is 1. The maximum Gasteiger partial charge on any atom is 0.339 e. The molecule has 126 valence electrons. The van der Waals surface area contributed by atoms with Crippen molar-refractivity contribution >= 4 is 29.2 Å². The van der Waals surface area contributed by atoms with Gasteiger partial charge in [0.2, 0.25) is 0 Å². The Hall–Kier alpha value is -3.09. The van der Waals surface area contributed by atoms with E-state index in [1.807, 2.05) is 19.9 Å². The Morgan fingerprint density at radius 3 is 2.50 bits per heavy atom. The molecular weight excluding hydrogens is 308 g/mol. The molecule has 0 aliphatic rings. The number of carbonyl (C=O) groups excluding carboxylic acids is 2. The van der Waals surface area contributed by atoms with E-state index >= 15 is 0 Å². The fourth-order valence-electron chi connectivity index (χ4n) is 1.99. The number of ether oxygens (including phenoxy) is 1. The molecule has 0 spiro atoms. The van der Waals surface area contributed by atoms with Crippen molar-refractivity contribution in [3.63, 3.8) is 0 Å². The summed E-state index contributed by atoms with van der Waals surface area (Å²) in [5, 5.41) is 8.46. The predicted molar refractivity (Wildman–Crippen MR) is 92.6 cm³/mol. The molecule has 2 aromatic rings. The van der Waals surface area contributed by atoms with Crippen molar-refractivity contribution in [1.82, 2.24) is 10.3 Å². The summed E-state index contributed by atoms with van der Waals surface area (Å²) in [6.07, 6.45) is 1.57. The number of rotatable bonds is 5. The predicted octanol–water partition coefficient (Wildman–Crippen LogP) is 3.14. The number of benzene rings is 1. The third-order valence-corrected chi connectivity index (χ3v) is 3.04. The van der Waals surface area contributed by atoms with Crippen molar-refractivity contribution in [1.29, 1.82) is 0 Å². The Labute approximate surface area is 140 Å². The lowest BCUT2D eigenvalue weighted by molar-refractivity contribution is 0.0602. The first-order chi connectivity index (χ1) is 11.5. The molecule has 0 aliphatic heterocycles. The fourth-order valence-corrected chi connectivity index (χ4v) is 1.99. The molecule has 0 saturated carbocycles. The van der Waals surface area contributed by atoms with Gasteiger partial charge in [0.1, 0.15) is 5.82 Å². The van der Waals surface area contributed by atoms with Crippen LogP contribution in [0.5, 0.6) is 0 Å². The van der Waals surface area contributed by atoms with Crippen LogP contribution in [0, 0.1) is 0 Å². The minimum absolute atomic E-state index is 0.0424. The largest absolute Gasteiger partial charge is 0.465 e. The molecule has 0 unspecified atom stereocenters. The van der Waals surface area contributed by atoms with Crippen molar-refractivity contribution in [3.05, 3.63) is 48.2 Å². The molecule has 3 N–H and O–H groups in total. The van der Waals surface area contributed by atoms with Crippen LogP contribution in [0.25, 0.3) is 0 Å². The van der Waals surface area contributed by atoms with Crippen LogP contribution < -0.4 is 16.0 Å². The van der Waals surface area contributed by atoms with Gasteiger partial charge in [-0.25, -0.2) is 14.6 Å². The number of aromatic nitrogens is 1. The van der Waals surface area contributed by atoms with E-state index < -0.39 is 5.97 Å². The first kappa shape index (κ1) is 17.3. The van der Waals surface area contributed by atoms with Crippen molar-refractivity contribution in [2.45, 2.75) is 19.9 Å². The average Bonchev–Trinajstić information content (AvgIpc) is 2.55. The third-order valence-electron chi connectivity index (χ3n) is 3.04. The molecule has 0 fully saturated rings. The van der Waals surface area contributed by atoms with E-state index in [-0.39, 0.29) is 12.1 Å². The van der Waals surface area contributed by atoms with Crippen LogP contribution in [0.1, 0.15) is 24.2 Å². The highest BCUT2D eigenvalue weighted by atomic mass is 16.5. The molecule has 2 rings (SSSR count). The highest BCUT2D eigenvalue weighted by molar-refractivity contribution is 5.96. The van der Waals surface area contributed by atoms with Gasteiger partial charge in [0.25, 0.3) is 0 Å². The van der Waals surface area contributed by atoms with Crippen LogP contribution in [0.4, 0.5) is 22.0 Å². The number of esters is 1. The first-order valence-electron chi connectivity index (χ1n) is 7.47. The second-order valence-electron chi connectivity index (χ2n) is 5.35. The number of carbonyl (C=O) groups is 2. The van der Waals surface area contributed by atoms with Gasteiger partial charge in [0.05, 0.1) is 30.2 Å². The van der Waals surface area contributed by atoms with Gasteiger partial charge in [-0.3, -0.25) is 5.32 Å². The number of anilines is 3. The first-order valence-corrected chi connectivity index (χ1v) is 7.47. The zero-order valence-electron chi connectivity index (χ0n) is 13.8. The maximum absolute atomic E-state index is 11.8. The van der Waals surface area contributed by atoms with E-state index in [1.54, 1.807) is 36.5 Å². The summed E-state index contributed by atoms with van der Waals surface area (Å²) in [6, 6.07) is 10.2. The highest BCUT2D eigenvalue weighted by Crippen LogP contribution is 2.21. The molecular formula is C17H20N4O3. The molecule has 2 amide bonds. The topological polar surface area (TPSA) is 92.4 Å². The summed E-state index contributed by atoms with van der Waals surface area (Å²) in [4.78, 5) is 27.5. The monoisotopic (exact) mass is 328 g/mol. The number of hydrogen-bond donors (Lipinski definition) is 3. The maximum atomic E-state index is 11.8. The number of pyridine rings is 1. The molecule has 7 nitrogen and oxygen atoms in total. The molecule has 0 bridgehead atoms. The van der Waals surface area contributed by atoms with Crippen LogP contribution in [0.15, 0.2) is 42.6 Å². The number of nitrogens with one attached hydrogen (secondary N) is 3. The minimum Gasteiger partial charge on any atom is -0.465 e. The summed E-state index contributed by atoms with van der Waals surface area (Å²) in [5.74, 6) is 0.00894. The molecule has 7 heteroatoms. The zero-order valence-corrected chi connectivity index (χ0v) is 13.8. The van der Waals surface area contributed by atoms with E-state index in [0.29, 0.717) is 22.8 Å². The van der Waals surface area contributed by atoms with Crippen LogP contribution in [-0.4, -0.2) is 30.1 Å². The van der Waals surface area contributed by atoms with Gasteiger partial charge in [-0.1, -0.05) is 12.1 Å². The van der Waals surface area contributed by atoms with Crippen molar-refractivity contribution in [2.75, 3.05) is 17.7 Å². The molecule has 1 heterocycles. The summed E-state index contributed by atoms with van der Waals surface area (Å²) in [7, 11) is 1.34. The van der Waals surface area contributed by atoms with Gasteiger partial charge in [-0.2, -0.15) is 0 Å². The molecule has 0 radical (unpaired) electrons. The summed E-state index contributed by atoms with van der Waals surface area (Å²) in [5.41, 5.74) is 1.73. The van der Waals surface area contributed by atoms with Gasteiger partial charge < -0.3 is 15.4 Å². The fraction of sp³-hybridized carbons (Fsp3) is 0.235. The Balaban J connectivity index is 2.07. The molecule has 1 aromatic carbocycles. The van der Waals surface area contributed by atoms with Crippen molar-refractivity contribution in [3.8, 4) is 0 Å². The SMILES string of the molecule is COC(=O)c1ccccc1Nc1ccc(NC(=O)NC(C)C)nc1. The van der Waals surface area contributed by atoms with Crippen LogP contribution in [0.2, 0.25) is 0 Å². The number of nitrogens with zero attached hydrogens (tertiary/aromatic N) is 1. The van der Waals surface area contributed by atoms with Gasteiger partial charge in [0.15, 0.2) is 0 Å². The van der Waals surface area contributed by atoms with E-state index in [9.17, 15) is 9.59 Å². The lowest BCUT2D eigenvalue weighted by Gasteiger charge is -2.12. The molecule has 0 aliphatic carbocycles. The molecule has 0 saturated heterocycles. The minimum atomic E-state index is -0.422. The lowest BCUT2D eigenvalue weighted by atomic mass is 10.1. The standard InChI is InChI=1S/C17H20N4O3/c1-11(2)19-17(23)21-15-9-8-12(10-18-15)20-14-7-5-4-6-13(14)16(22)24-3/h4-11,20H,1-3H3,(H2,18,19,21,23). The second-order valence-corrected chi connectivity index (χ2v) is 5.35. The number of hydrogen-bond acceptors (Lipinski definition) is 5. The van der Waals surface area contributed by atoms with E-state index in [4.69, 9.17) is 4.74 Å².